The Hall–Kier alpha value is -2.72. The number of carbonyl (C=O) groups excluding carboxylic acids is 1. The fourth-order valence-electron chi connectivity index (χ4n) is 6.44. The Kier molecular flexibility index (Phi) is 9.16. The second-order valence-corrected chi connectivity index (χ2v) is 11.2. The van der Waals surface area contributed by atoms with Gasteiger partial charge in [0.05, 0.1) is 5.71 Å². The third-order valence-electron chi connectivity index (χ3n) is 7.77. The van der Waals surface area contributed by atoms with Crippen molar-refractivity contribution in [3.05, 3.63) is 70.8 Å². The van der Waals surface area contributed by atoms with Gasteiger partial charge in [0.2, 0.25) is 0 Å². The topological polar surface area (TPSA) is 105 Å². The van der Waals surface area contributed by atoms with Gasteiger partial charge in [-0.1, -0.05) is 39.3 Å². The Morgan fingerprint density at radius 1 is 1.08 bits per heavy atom. The van der Waals surface area contributed by atoms with Crippen LogP contribution in [0.15, 0.2) is 47.5 Å². The van der Waals surface area contributed by atoms with E-state index >= 15 is 0 Å². The quantitative estimate of drug-likeness (QED) is 0.348. The third kappa shape index (κ3) is 6.54. The Bertz CT molecular complexity index is 1160. The van der Waals surface area contributed by atoms with Crippen LogP contribution in [0, 0.1) is 23.5 Å². The number of aliphatic hydroxyl groups excluding tert-OH is 2. The van der Waals surface area contributed by atoms with Crippen LogP contribution in [0.4, 0.5) is 8.78 Å². The van der Waals surface area contributed by atoms with E-state index in [0.717, 1.165) is 24.5 Å². The highest BCUT2D eigenvalue weighted by Crippen LogP contribution is 2.49. The van der Waals surface area contributed by atoms with Crippen LogP contribution in [-0.4, -0.2) is 56.6 Å². The van der Waals surface area contributed by atoms with Gasteiger partial charge in [-0.05, 0) is 67.3 Å². The molecule has 212 valence electrons. The monoisotopic (exact) mass is 543 g/mol. The first-order valence-electron chi connectivity index (χ1n) is 13.8. The molecular weight excluding hydrogens is 504 g/mol. The summed E-state index contributed by atoms with van der Waals surface area (Å²) in [6.07, 6.45) is 1.40. The molecule has 1 heterocycles. The number of hydrogen-bond acceptors (Lipinski definition) is 6. The first-order valence-corrected chi connectivity index (χ1v) is 13.8. The molecule has 4 N–H and O–H groups in total. The van der Waals surface area contributed by atoms with E-state index in [-0.39, 0.29) is 36.2 Å². The summed E-state index contributed by atoms with van der Waals surface area (Å²) in [6, 6.07) is 10.2. The molecule has 7 nitrogen and oxygen atoms in total. The van der Waals surface area contributed by atoms with Crippen molar-refractivity contribution in [1.82, 2.24) is 10.2 Å². The molecule has 0 aromatic heterocycles. The maximum absolute atomic E-state index is 14.2. The lowest BCUT2D eigenvalue weighted by Crippen LogP contribution is -2.54. The average molecular weight is 544 g/mol. The minimum atomic E-state index is -1.48. The molecule has 1 aliphatic carbocycles. The molecular formula is C30H39F2N3O4. The van der Waals surface area contributed by atoms with Crippen molar-refractivity contribution in [3.8, 4) is 0 Å². The minimum Gasteiger partial charge on any atom is -0.372 e. The van der Waals surface area contributed by atoms with Gasteiger partial charge in [-0.3, -0.25) is 9.79 Å². The van der Waals surface area contributed by atoms with Crippen LogP contribution in [0.1, 0.15) is 86.8 Å². The normalized spacial score (nSPS) is 26.2. The molecule has 9 heteroatoms. The largest absolute Gasteiger partial charge is 0.372 e. The van der Waals surface area contributed by atoms with E-state index in [4.69, 9.17) is 15.2 Å². The molecule has 1 spiro atoms. The molecule has 1 fully saturated rings. The highest BCUT2D eigenvalue weighted by atomic mass is 19.1. The second-order valence-electron chi connectivity index (χ2n) is 11.2. The van der Waals surface area contributed by atoms with Crippen LogP contribution >= 0.6 is 0 Å². The maximum Gasteiger partial charge on any atom is 0.251 e. The van der Waals surface area contributed by atoms with E-state index in [1.54, 1.807) is 12.1 Å². The van der Waals surface area contributed by atoms with Crippen LogP contribution in [0.3, 0.4) is 0 Å². The number of carbonyl (C=O) groups is 1. The van der Waals surface area contributed by atoms with E-state index in [1.165, 1.54) is 12.1 Å². The van der Waals surface area contributed by atoms with E-state index in [9.17, 15) is 18.7 Å². The van der Waals surface area contributed by atoms with Crippen molar-refractivity contribution >= 4 is 11.6 Å². The van der Waals surface area contributed by atoms with E-state index < -0.39 is 29.8 Å². The van der Waals surface area contributed by atoms with Crippen molar-refractivity contribution in [2.24, 2.45) is 16.8 Å². The number of aliphatic hydroxyl groups is 3. The molecule has 1 amide bonds. The smallest absolute Gasteiger partial charge is 0.251 e. The predicted molar refractivity (Wildman–Crippen MR) is 145 cm³/mol. The number of hydrogen-bond donors (Lipinski definition) is 4. The summed E-state index contributed by atoms with van der Waals surface area (Å²) in [4.78, 5) is 19.6. The van der Waals surface area contributed by atoms with Crippen LogP contribution in [0.2, 0.25) is 0 Å². The zero-order valence-electron chi connectivity index (χ0n) is 22.8. The Labute approximate surface area is 228 Å². The highest BCUT2D eigenvalue weighted by molar-refractivity contribution is 6.05. The molecule has 1 saturated carbocycles. The minimum absolute atomic E-state index is 0.0335. The summed E-state index contributed by atoms with van der Waals surface area (Å²) in [5.74, 6) is -1.06. The van der Waals surface area contributed by atoms with Gasteiger partial charge in [-0.25, -0.2) is 13.7 Å². The summed E-state index contributed by atoms with van der Waals surface area (Å²) >= 11 is 0. The van der Waals surface area contributed by atoms with Gasteiger partial charge in [-0.15, -0.1) is 0 Å². The molecule has 4 unspecified atom stereocenters. The average Bonchev–Trinajstić information content (AvgIpc) is 3.11. The standard InChI is InChI=1S/C30H39F2N3O4/c1-4-5-25(20-6-8-21(9-7-20)28(38)33-11-10-26(36)37)35-29(39)27(22-13-23(31)15-24(32)14-22)34-30(35)16-18(2)12-19(3)17-30/h6-9,13-15,18-19,25-26,29,36-37,39H,4-5,10-12,16-17H2,1-3H3,(H,33,38). The molecule has 39 heavy (non-hydrogen) atoms. The zero-order chi connectivity index (χ0) is 28.3. The van der Waals surface area contributed by atoms with Crippen LogP contribution in [0.5, 0.6) is 0 Å². The number of benzene rings is 2. The lowest BCUT2D eigenvalue weighted by Gasteiger charge is -2.48. The zero-order valence-corrected chi connectivity index (χ0v) is 22.8. The van der Waals surface area contributed by atoms with Crippen LogP contribution in [0.25, 0.3) is 0 Å². The summed E-state index contributed by atoms with van der Waals surface area (Å²) < 4.78 is 28.4. The van der Waals surface area contributed by atoms with E-state index in [0.29, 0.717) is 36.7 Å². The lowest BCUT2D eigenvalue weighted by atomic mass is 9.75. The van der Waals surface area contributed by atoms with Gasteiger partial charge in [-0.2, -0.15) is 0 Å². The molecule has 2 aliphatic rings. The Morgan fingerprint density at radius 2 is 1.69 bits per heavy atom. The molecule has 4 atom stereocenters. The number of halogens is 2. The summed E-state index contributed by atoms with van der Waals surface area (Å²) in [5, 5.41) is 32.4. The van der Waals surface area contributed by atoms with Crippen molar-refractivity contribution in [3.63, 3.8) is 0 Å². The summed E-state index contributed by atoms with van der Waals surface area (Å²) in [7, 11) is 0. The third-order valence-corrected chi connectivity index (χ3v) is 7.77. The maximum atomic E-state index is 14.2. The molecule has 4 rings (SSSR count). The molecule has 1 aliphatic heterocycles. The Morgan fingerprint density at radius 3 is 2.26 bits per heavy atom. The number of aliphatic imine (C=N–C) groups is 1. The predicted octanol–water partition coefficient (Wildman–Crippen LogP) is 4.51. The number of rotatable bonds is 9. The van der Waals surface area contributed by atoms with Gasteiger partial charge in [0.25, 0.3) is 5.91 Å². The Balaban J connectivity index is 1.70. The number of amides is 1. The fourth-order valence-corrected chi connectivity index (χ4v) is 6.44. The SMILES string of the molecule is CCCC(c1ccc(C(=O)NCCC(O)O)cc1)N1C(O)C(c2cc(F)cc(F)c2)=NC12CC(C)CC(C)C2. The molecule has 0 radical (unpaired) electrons. The molecule has 0 saturated heterocycles. The van der Waals surface area contributed by atoms with Crippen molar-refractivity contribution < 1.29 is 28.9 Å². The van der Waals surface area contributed by atoms with E-state index in [1.807, 2.05) is 17.0 Å². The van der Waals surface area contributed by atoms with Gasteiger partial charge in [0.1, 0.15) is 17.3 Å². The molecule has 0 bridgehead atoms. The van der Waals surface area contributed by atoms with Crippen LogP contribution < -0.4 is 5.32 Å². The van der Waals surface area contributed by atoms with Gasteiger partial charge < -0.3 is 20.6 Å². The van der Waals surface area contributed by atoms with Crippen molar-refractivity contribution in [2.45, 2.75) is 83.5 Å². The van der Waals surface area contributed by atoms with Gasteiger partial charge in [0.15, 0.2) is 12.5 Å². The number of nitrogens with one attached hydrogen (secondary N) is 1. The number of nitrogens with zero attached hydrogens (tertiary/aromatic N) is 2. The first kappa shape index (κ1) is 29.3. The van der Waals surface area contributed by atoms with Crippen LogP contribution in [-0.2, 0) is 0 Å². The van der Waals surface area contributed by atoms with E-state index in [2.05, 4.69) is 26.1 Å². The second kappa shape index (κ2) is 12.2. The van der Waals surface area contributed by atoms with Gasteiger partial charge >= 0.3 is 0 Å². The van der Waals surface area contributed by atoms with Crippen molar-refractivity contribution in [2.75, 3.05) is 6.54 Å². The summed E-state index contributed by atoms with van der Waals surface area (Å²) in [5.41, 5.74) is 1.13. The molecule has 2 aromatic carbocycles. The summed E-state index contributed by atoms with van der Waals surface area (Å²) in [6.45, 7) is 6.55. The van der Waals surface area contributed by atoms with Gasteiger partial charge in [0, 0.05) is 36.2 Å². The fraction of sp³-hybridized carbons (Fsp3) is 0.533. The highest BCUT2D eigenvalue weighted by Gasteiger charge is 2.53. The van der Waals surface area contributed by atoms with Crippen molar-refractivity contribution in [1.29, 1.82) is 0 Å². The lowest BCUT2D eigenvalue weighted by molar-refractivity contribution is -0.0755. The molecule has 2 aromatic rings. The first-order chi connectivity index (χ1) is 18.5.